The van der Waals surface area contributed by atoms with Gasteiger partial charge in [-0.25, -0.2) is 4.39 Å². The van der Waals surface area contributed by atoms with E-state index in [0.29, 0.717) is 30.0 Å². The van der Waals surface area contributed by atoms with Crippen molar-refractivity contribution in [2.24, 2.45) is 5.73 Å². The van der Waals surface area contributed by atoms with Gasteiger partial charge in [-0.3, -0.25) is 9.59 Å². The van der Waals surface area contributed by atoms with Gasteiger partial charge in [-0.05, 0) is 61.9 Å². The van der Waals surface area contributed by atoms with E-state index in [1.807, 2.05) is 23.1 Å². The van der Waals surface area contributed by atoms with E-state index in [4.69, 9.17) is 5.73 Å². The third-order valence-corrected chi connectivity index (χ3v) is 6.48. The maximum atomic E-state index is 14.0. The molecule has 1 aromatic heterocycles. The minimum atomic E-state index is -1.06. The van der Waals surface area contributed by atoms with E-state index in [1.165, 1.54) is 17.7 Å². The molecule has 0 saturated carbocycles. The molecule has 0 bridgehead atoms. The summed E-state index contributed by atoms with van der Waals surface area (Å²) in [6, 6.07) is 14.8. The van der Waals surface area contributed by atoms with Gasteiger partial charge in [-0.1, -0.05) is 30.3 Å². The molecule has 0 spiro atoms. The standard InChI is InChI=1S/C26H31FN4O2/c1-26(2,28)25(33)30-16-22(21-15-29-23-9-8-19(27)14-20(21)23)24(32)31-12-10-18(11-13-31)17-6-4-3-5-7-17/h3-9,14-15,18,22,29H,10-13,16,28H2,1-2H3,(H,30,33). The molecule has 3 aromatic rings. The van der Waals surface area contributed by atoms with Gasteiger partial charge < -0.3 is 20.9 Å². The van der Waals surface area contributed by atoms with Gasteiger partial charge in [-0.2, -0.15) is 0 Å². The van der Waals surface area contributed by atoms with Crippen LogP contribution in [-0.2, 0) is 9.59 Å². The second kappa shape index (κ2) is 9.35. The quantitative estimate of drug-likeness (QED) is 0.535. The van der Waals surface area contributed by atoms with Gasteiger partial charge in [0.1, 0.15) is 5.82 Å². The maximum absolute atomic E-state index is 14.0. The topological polar surface area (TPSA) is 91.2 Å². The molecule has 1 saturated heterocycles. The van der Waals surface area contributed by atoms with Crippen molar-refractivity contribution in [2.45, 2.75) is 44.1 Å². The number of benzene rings is 2. The van der Waals surface area contributed by atoms with Crippen LogP contribution in [0.1, 0.15) is 49.7 Å². The van der Waals surface area contributed by atoms with Crippen LogP contribution in [0.3, 0.4) is 0 Å². The summed E-state index contributed by atoms with van der Waals surface area (Å²) in [4.78, 5) is 31.1. The molecular weight excluding hydrogens is 419 g/mol. The van der Waals surface area contributed by atoms with E-state index in [-0.39, 0.29) is 24.2 Å². The number of halogens is 1. The molecule has 33 heavy (non-hydrogen) atoms. The van der Waals surface area contributed by atoms with Crippen LogP contribution in [0.15, 0.2) is 54.7 Å². The van der Waals surface area contributed by atoms with Crippen molar-refractivity contribution in [3.05, 3.63) is 71.7 Å². The van der Waals surface area contributed by atoms with Crippen molar-refractivity contribution in [3.63, 3.8) is 0 Å². The number of rotatable bonds is 6. The van der Waals surface area contributed by atoms with Gasteiger partial charge in [0.05, 0.1) is 11.5 Å². The highest BCUT2D eigenvalue weighted by atomic mass is 19.1. The number of nitrogens with zero attached hydrogens (tertiary/aromatic N) is 1. The summed E-state index contributed by atoms with van der Waals surface area (Å²) in [7, 11) is 0. The number of nitrogens with two attached hydrogens (primary N) is 1. The number of nitrogens with one attached hydrogen (secondary N) is 2. The summed E-state index contributed by atoms with van der Waals surface area (Å²) in [5.41, 5.74) is 7.58. The molecule has 7 heteroatoms. The number of carbonyl (C=O) groups excluding carboxylic acids is 2. The van der Waals surface area contributed by atoms with Crippen LogP contribution in [0, 0.1) is 5.82 Å². The number of H-pyrrole nitrogens is 1. The Morgan fingerprint density at radius 1 is 1.18 bits per heavy atom. The third-order valence-electron chi connectivity index (χ3n) is 6.48. The highest BCUT2D eigenvalue weighted by molar-refractivity contribution is 5.93. The number of hydrogen-bond donors (Lipinski definition) is 3. The van der Waals surface area contributed by atoms with Crippen LogP contribution < -0.4 is 11.1 Å². The zero-order chi connectivity index (χ0) is 23.6. The van der Waals surface area contributed by atoms with Gasteiger partial charge in [0.15, 0.2) is 0 Å². The van der Waals surface area contributed by atoms with Gasteiger partial charge in [-0.15, -0.1) is 0 Å². The monoisotopic (exact) mass is 450 g/mol. The largest absolute Gasteiger partial charge is 0.361 e. The van der Waals surface area contributed by atoms with Crippen molar-refractivity contribution < 1.29 is 14.0 Å². The molecule has 4 N–H and O–H groups in total. The Morgan fingerprint density at radius 3 is 2.55 bits per heavy atom. The van der Waals surface area contributed by atoms with Crippen molar-refractivity contribution in [1.82, 2.24) is 15.2 Å². The summed E-state index contributed by atoms with van der Waals surface area (Å²) in [6.45, 7) is 4.62. The molecule has 2 heterocycles. The Morgan fingerprint density at radius 2 is 1.88 bits per heavy atom. The molecule has 4 rings (SSSR count). The first-order chi connectivity index (χ1) is 15.7. The molecule has 2 aromatic carbocycles. The minimum absolute atomic E-state index is 0.0678. The zero-order valence-corrected chi connectivity index (χ0v) is 19.1. The van der Waals surface area contributed by atoms with Crippen LogP contribution in [-0.4, -0.2) is 46.9 Å². The number of fused-ring (bicyclic) bond motifs is 1. The molecule has 2 amide bonds. The van der Waals surface area contributed by atoms with E-state index in [9.17, 15) is 14.0 Å². The lowest BCUT2D eigenvalue weighted by atomic mass is 9.88. The molecule has 1 atom stereocenters. The second-order valence-electron chi connectivity index (χ2n) is 9.43. The Hall–Kier alpha value is -3.19. The zero-order valence-electron chi connectivity index (χ0n) is 19.1. The Balaban J connectivity index is 1.55. The SMILES string of the molecule is CC(C)(N)C(=O)NCC(C(=O)N1CCC(c2ccccc2)CC1)c1c[nH]c2ccc(F)cc12. The second-order valence-corrected chi connectivity index (χ2v) is 9.43. The van der Waals surface area contributed by atoms with Crippen LogP contribution >= 0.6 is 0 Å². The molecule has 174 valence electrons. The average Bonchev–Trinajstić information content (AvgIpc) is 3.22. The van der Waals surface area contributed by atoms with Crippen LogP contribution in [0.2, 0.25) is 0 Å². The third kappa shape index (κ3) is 5.09. The minimum Gasteiger partial charge on any atom is -0.361 e. The highest BCUT2D eigenvalue weighted by Gasteiger charge is 2.32. The number of aromatic nitrogens is 1. The van der Waals surface area contributed by atoms with Gasteiger partial charge in [0, 0.05) is 36.7 Å². The predicted molar refractivity (Wildman–Crippen MR) is 127 cm³/mol. The molecule has 1 fully saturated rings. The summed E-state index contributed by atoms with van der Waals surface area (Å²) >= 11 is 0. The van der Waals surface area contributed by atoms with E-state index in [0.717, 1.165) is 18.4 Å². The lowest BCUT2D eigenvalue weighted by Gasteiger charge is -2.34. The maximum Gasteiger partial charge on any atom is 0.239 e. The average molecular weight is 451 g/mol. The normalized spacial score (nSPS) is 16.1. The fourth-order valence-electron chi connectivity index (χ4n) is 4.53. The number of likely N-dealkylation sites (tertiary alicyclic amines) is 1. The van der Waals surface area contributed by atoms with Crippen molar-refractivity contribution >= 4 is 22.7 Å². The highest BCUT2D eigenvalue weighted by Crippen LogP contribution is 2.32. The fourth-order valence-corrected chi connectivity index (χ4v) is 4.53. The van der Waals surface area contributed by atoms with Crippen LogP contribution in [0.5, 0.6) is 0 Å². The lowest BCUT2D eigenvalue weighted by molar-refractivity contribution is -0.134. The molecule has 0 radical (unpaired) electrons. The van der Waals surface area contributed by atoms with Crippen LogP contribution in [0.25, 0.3) is 10.9 Å². The van der Waals surface area contributed by atoms with E-state index in [2.05, 4.69) is 22.4 Å². The predicted octanol–water partition coefficient (Wildman–Crippen LogP) is 3.65. The number of amides is 2. The molecule has 1 unspecified atom stereocenters. The van der Waals surface area contributed by atoms with E-state index < -0.39 is 11.5 Å². The number of carbonyl (C=O) groups is 2. The van der Waals surface area contributed by atoms with Gasteiger partial charge in [0.25, 0.3) is 0 Å². The molecule has 1 aliphatic rings. The number of piperidine rings is 1. The summed E-state index contributed by atoms with van der Waals surface area (Å²) in [5, 5.41) is 3.47. The number of aromatic amines is 1. The first-order valence-corrected chi connectivity index (χ1v) is 11.4. The smallest absolute Gasteiger partial charge is 0.239 e. The van der Waals surface area contributed by atoms with E-state index >= 15 is 0 Å². The lowest BCUT2D eigenvalue weighted by Crippen LogP contribution is -2.51. The van der Waals surface area contributed by atoms with E-state index in [1.54, 1.807) is 26.1 Å². The van der Waals surface area contributed by atoms with Crippen molar-refractivity contribution in [2.75, 3.05) is 19.6 Å². The fraction of sp³-hybridized carbons (Fsp3) is 0.385. The molecule has 6 nitrogen and oxygen atoms in total. The van der Waals surface area contributed by atoms with Gasteiger partial charge in [0.2, 0.25) is 11.8 Å². The Kier molecular flexibility index (Phi) is 6.51. The molecular formula is C26H31FN4O2. The molecule has 1 aliphatic heterocycles. The first-order valence-electron chi connectivity index (χ1n) is 11.4. The summed E-state index contributed by atoms with van der Waals surface area (Å²) in [6.07, 6.45) is 3.50. The van der Waals surface area contributed by atoms with Gasteiger partial charge >= 0.3 is 0 Å². The summed E-state index contributed by atoms with van der Waals surface area (Å²) < 4.78 is 14.0. The first kappa shape index (κ1) is 23.0. The van der Waals surface area contributed by atoms with Crippen molar-refractivity contribution in [3.8, 4) is 0 Å². The Labute approximate surface area is 193 Å². The Bertz CT molecular complexity index is 1130. The van der Waals surface area contributed by atoms with Crippen LogP contribution in [0.4, 0.5) is 4.39 Å². The summed E-state index contributed by atoms with van der Waals surface area (Å²) in [5.74, 6) is -0.991. The molecule has 0 aliphatic carbocycles. The number of hydrogen-bond acceptors (Lipinski definition) is 3. The van der Waals surface area contributed by atoms with Crippen molar-refractivity contribution in [1.29, 1.82) is 0 Å².